The molecule has 2 aromatic rings. The molecule has 1 aliphatic heterocycles. The highest BCUT2D eigenvalue weighted by Crippen LogP contribution is 2.49. The summed E-state index contributed by atoms with van der Waals surface area (Å²) in [4.78, 5) is 28.8. The smallest absolute Gasteiger partial charge is 0.374 e. The Bertz CT molecular complexity index is 1080. The Balaban J connectivity index is 1.88. The van der Waals surface area contributed by atoms with Crippen LogP contribution in [0.3, 0.4) is 0 Å². The number of carbonyl (C=O) groups excluding carboxylic acids is 2. The van der Waals surface area contributed by atoms with E-state index in [0.717, 1.165) is 12.1 Å². The largest absolute Gasteiger partial charge is 0.435 e. The van der Waals surface area contributed by atoms with Crippen molar-refractivity contribution in [1.82, 2.24) is 5.32 Å². The van der Waals surface area contributed by atoms with Gasteiger partial charge in [-0.25, -0.2) is 0 Å². The van der Waals surface area contributed by atoms with Crippen LogP contribution in [0.15, 0.2) is 41.6 Å². The van der Waals surface area contributed by atoms with Crippen molar-refractivity contribution in [1.29, 1.82) is 0 Å². The number of oxime groups is 1. The molecule has 0 aromatic heterocycles. The van der Waals surface area contributed by atoms with Crippen LogP contribution in [0.5, 0.6) is 0 Å². The molecule has 1 aliphatic rings. The van der Waals surface area contributed by atoms with Gasteiger partial charge in [0, 0.05) is 47.5 Å². The zero-order valence-corrected chi connectivity index (χ0v) is 18.7. The predicted octanol–water partition coefficient (Wildman–Crippen LogP) is 5.59. The van der Waals surface area contributed by atoms with Crippen LogP contribution < -0.4 is 5.32 Å². The summed E-state index contributed by atoms with van der Waals surface area (Å²) in [5, 5.41) is 6.25. The first-order valence-electron chi connectivity index (χ1n) is 9.60. The minimum atomic E-state index is -4.79. The monoisotopic (exact) mass is 486 g/mol. The van der Waals surface area contributed by atoms with E-state index < -0.39 is 18.2 Å². The van der Waals surface area contributed by atoms with Crippen molar-refractivity contribution in [3.05, 3.63) is 68.7 Å². The highest BCUT2D eigenvalue weighted by molar-refractivity contribution is 6.34. The Hall–Kier alpha value is -2.58. The van der Waals surface area contributed by atoms with Gasteiger partial charge in [-0.05, 0) is 42.3 Å². The van der Waals surface area contributed by atoms with E-state index in [-0.39, 0.29) is 45.9 Å². The maximum atomic E-state index is 14.1. The summed E-state index contributed by atoms with van der Waals surface area (Å²) in [5.41, 5.74) is -1.56. The second-order valence-electron chi connectivity index (χ2n) is 7.41. The van der Waals surface area contributed by atoms with E-state index in [4.69, 9.17) is 28.0 Å². The van der Waals surface area contributed by atoms with Crippen LogP contribution in [0.1, 0.15) is 46.3 Å². The number of aryl methyl sites for hydroxylation is 1. The molecule has 32 heavy (non-hydrogen) atoms. The van der Waals surface area contributed by atoms with Crippen molar-refractivity contribution in [2.75, 3.05) is 7.05 Å². The number of Topliss-reactive ketones (excluding diaryl/α,β-unsaturated/α-hetero) is 1. The zero-order valence-electron chi connectivity index (χ0n) is 17.1. The molecule has 5 nitrogen and oxygen atoms in total. The standard InChI is InChI=1S/C22H19Cl2F3N2O3/c1-12-7-13(3-4-17(12)19(30)5-6-20(31)28-2)18-11-21(32-29-18,22(25,26)27)14-8-15(23)10-16(24)9-14/h3-4,7-10H,5-6,11H2,1-2H3,(H,28,31). The van der Waals surface area contributed by atoms with Gasteiger partial charge in [0.25, 0.3) is 5.60 Å². The molecule has 3 rings (SSSR count). The van der Waals surface area contributed by atoms with E-state index in [2.05, 4.69) is 10.5 Å². The van der Waals surface area contributed by atoms with Gasteiger partial charge >= 0.3 is 6.18 Å². The molecule has 0 spiro atoms. The molecule has 0 fully saturated rings. The van der Waals surface area contributed by atoms with Gasteiger partial charge in [-0.15, -0.1) is 0 Å². The Morgan fingerprint density at radius 2 is 1.78 bits per heavy atom. The molecular formula is C22H19Cl2F3N2O3. The highest BCUT2D eigenvalue weighted by Gasteiger charge is 2.62. The fourth-order valence-electron chi connectivity index (χ4n) is 3.49. The van der Waals surface area contributed by atoms with Gasteiger partial charge in [-0.3, -0.25) is 9.59 Å². The van der Waals surface area contributed by atoms with Gasteiger partial charge in [0.2, 0.25) is 5.91 Å². The lowest BCUT2D eigenvalue weighted by molar-refractivity contribution is -0.275. The molecule has 0 radical (unpaired) electrons. The molecule has 1 heterocycles. The van der Waals surface area contributed by atoms with E-state index in [9.17, 15) is 22.8 Å². The Kier molecular flexibility index (Phi) is 6.86. The van der Waals surface area contributed by atoms with E-state index >= 15 is 0 Å². The lowest BCUT2D eigenvalue weighted by Gasteiger charge is -2.29. The van der Waals surface area contributed by atoms with Gasteiger partial charge in [-0.2, -0.15) is 13.2 Å². The first-order valence-corrected chi connectivity index (χ1v) is 10.4. The first-order chi connectivity index (χ1) is 15.0. The lowest BCUT2D eigenvalue weighted by Crippen LogP contribution is -2.42. The van der Waals surface area contributed by atoms with Gasteiger partial charge in [0.1, 0.15) is 0 Å². The number of nitrogens with zero attached hydrogens (tertiary/aromatic N) is 1. The molecule has 1 amide bonds. The number of rotatable bonds is 6. The van der Waals surface area contributed by atoms with Crippen LogP contribution in [0.25, 0.3) is 0 Å². The average Bonchev–Trinajstić information content (AvgIpc) is 3.18. The molecule has 0 saturated carbocycles. The fourth-order valence-corrected chi connectivity index (χ4v) is 4.01. The number of hydrogen-bond acceptors (Lipinski definition) is 4. The molecule has 1 atom stereocenters. The maximum Gasteiger partial charge on any atom is 0.435 e. The van der Waals surface area contributed by atoms with E-state index in [1.807, 2.05) is 0 Å². The summed E-state index contributed by atoms with van der Waals surface area (Å²) in [5.74, 6) is -0.491. The number of hydrogen-bond donors (Lipinski definition) is 1. The summed E-state index contributed by atoms with van der Waals surface area (Å²) in [6, 6.07) is 8.24. The van der Waals surface area contributed by atoms with Crippen LogP contribution in [-0.4, -0.2) is 30.6 Å². The molecule has 2 aromatic carbocycles. The topological polar surface area (TPSA) is 67.8 Å². The van der Waals surface area contributed by atoms with Crippen molar-refractivity contribution >= 4 is 40.6 Å². The number of amides is 1. The van der Waals surface area contributed by atoms with Crippen molar-refractivity contribution in [3.8, 4) is 0 Å². The second-order valence-corrected chi connectivity index (χ2v) is 8.29. The third-order valence-corrected chi connectivity index (χ3v) is 5.67. The number of carbonyl (C=O) groups is 2. The highest BCUT2D eigenvalue weighted by atomic mass is 35.5. The van der Waals surface area contributed by atoms with E-state index in [1.165, 1.54) is 25.2 Å². The quantitative estimate of drug-likeness (QED) is 0.540. The average molecular weight is 487 g/mol. The Morgan fingerprint density at radius 3 is 2.34 bits per heavy atom. The molecule has 170 valence electrons. The van der Waals surface area contributed by atoms with Crippen LogP contribution in [0.2, 0.25) is 10.0 Å². The maximum absolute atomic E-state index is 14.1. The zero-order chi connectivity index (χ0) is 23.7. The molecule has 0 bridgehead atoms. The molecule has 10 heteroatoms. The van der Waals surface area contributed by atoms with Crippen LogP contribution >= 0.6 is 23.2 Å². The van der Waals surface area contributed by atoms with E-state index in [0.29, 0.717) is 16.7 Å². The van der Waals surface area contributed by atoms with Crippen molar-refractivity contribution in [2.24, 2.45) is 5.16 Å². The second kappa shape index (κ2) is 9.11. The van der Waals surface area contributed by atoms with E-state index in [1.54, 1.807) is 13.0 Å². The van der Waals surface area contributed by atoms with Crippen molar-refractivity contribution in [2.45, 2.75) is 38.0 Å². The first kappa shape index (κ1) is 24.1. The number of alkyl halides is 3. The molecule has 1 unspecified atom stereocenters. The summed E-state index contributed by atoms with van der Waals surface area (Å²) < 4.78 is 42.4. The molecular weight excluding hydrogens is 468 g/mol. The van der Waals surface area contributed by atoms with Gasteiger partial charge in [0.15, 0.2) is 5.78 Å². The summed E-state index contributed by atoms with van der Waals surface area (Å²) >= 11 is 11.8. The van der Waals surface area contributed by atoms with Gasteiger partial charge in [-0.1, -0.05) is 40.5 Å². The van der Waals surface area contributed by atoms with Gasteiger partial charge in [0.05, 0.1) is 5.71 Å². The summed E-state index contributed by atoms with van der Waals surface area (Å²) in [7, 11) is 1.48. The number of benzene rings is 2. The lowest BCUT2D eigenvalue weighted by atomic mass is 9.86. The Labute approximate surface area is 192 Å². The molecule has 0 aliphatic carbocycles. The molecule has 1 N–H and O–H groups in total. The number of halogens is 5. The fraction of sp³-hybridized carbons (Fsp3) is 0.318. The van der Waals surface area contributed by atoms with Crippen LogP contribution in [0.4, 0.5) is 13.2 Å². The minimum Gasteiger partial charge on any atom is -0.374 e. The third-order valence-electron chi connectivity index (χ3n) is 5.23. The summed E-state index contributed by atoms with van der Waals surface area (Å²) in [6.07, 6.45) is -5.31. The van der Waals surface area contributed by atoms with Crippen LogP contribution in [0, 0.1) is 6.92 Å². The Morgan fingerprint density at radius 1 is 1.12 bits per heavy atom. The predicted molar refractivity (Wildman–Crippen MR) is 115 cm³/mol. The molecule has 0 saturated heterocycles. The van der Waals surface area contributed by atoms with Crippen LogP contribution in [-0.2, 0) is 15.2 Å². The normalized spacial score (nSPS) is 18.2. The SMILES string of the molecule is CNC(=O)CCC(=O)c1ccc(C2=NOC(c3cc(Cl)cc(Cl)c3)(C(F)(F)F)C2)cc1C. The number of nitrogens with one attached hydrogen (secondary N) is 1. The van der Waals surface area contributed by atoms with Crippen molar-refractivity contribution < 1.29 is 27.6 Å². The number of ketones is 1. The van der Waals surface area contributed by atoms with Crippen molar-refractivity contribution in [3.63, 3.8) is 0 Å². The summed E-state index contributed by atoms with van der Waals surface area (Å²) in [6.45, 7) is 1.67. The minimum absolute atomic E-state index is 0.0244. The van der Waals surface area contributed by atoms with Gasteiger partial charge < -0.3 is 10.2 Å². The third kappa shape index (κ3) is 4.76.